The summed E-state index contributed by atoms with van der Waals surface area (Å²) in [5.74, 6) is 0. The third-order valence-corrected chi connectivity index (χ3v) is 4.28. The molecule has 0 aliphatic carbocycles. The van der Waals surface area contributed by atoms with Gasteiger partial charge in [-0.3, -0.25) is 4.31 Å². The molecule has 104 valence electrons. The van der Waals surface area contributed by atoms with Crippen molar-refractivity contribution >= 4 is 18.9 Å². The van der Waals surface area contributed by atoms with E-state index in [1.165, 1.54) is 0 Å². The number of ether oxygens (including phenoxy) is 1. The molecule has 0 atom stereocenters. The Hall–Kier alpha value is -0.420. The van der Waals surface area contributed by atoms with E-state index in [-0.39, 0.29) is 11.6 Å². The summed E-state index contributed by atoms with van der Waals surface area (Å²) >= 11 is 4.39. The molecule has 5 heteroatoms. The Morgan fingerprint density at radius 1 is 1.17 bits per heavy atom. The maximum absolute atomic E-state index is 12.3. The van der Waals surface area contributed by atoms with Gasteiger partial charge in [0.05, 0.1) is 0 Å². The number of likely N-dealkylation sites (tertiary alicyclic amines) is 1. The van der Waals surface area contributed by atoms with Crippen molar-refractivity contribution < 1.29 is 9.53 Å². The molecule has 2 aliphatic heterocycles. The molecule has 0 bridgehead atoms. The summed E-state index contributed by atoms with van der Waals surface area (Å²) in [6, 6.07) is 0. The van der Waals surface area contributed by atoms with Gasteiger partial charge in [0, 0.05) is 25.2 Å². The first-order valence-electron chi connectivity index (χ1n) is 6.77. The molecular formula is C13H24N2O2S. The average Bonchev–Trinajstić information content (AvgIpc) is 2.64. The number of rotatable bonds is 0. The molecule has 1 spiro atoms. The van der Waals surface area contributed by atoms with E-state index in [2.05, 4.69) is 12.8 Å². The second kappa shape index (κ2) is 4.93. The number of hydrogen-bond acceptors (Lipinski definition) is 4. The Morgan fingerprint density at radius 3 is 2.33 bits per heavy atom. The van der Waals surface area contributed by atoms with Gasteiger partial charge in [-0.15, -0.1) is 0 Å². The lowest BCUT2D eigenvalue weighted by Gasteiger charge is -2.43. The molecule has 0 aromatic carbocycles. The number of hydrogen-bond donors (Lipinski definition) is 1. The molecule has 2 heterocycles. The zero-order valence-electron chi connectivity index (χ0n) is 11.6. The quantitative estimate of drug-likeness (QED) is 0.688. The highest BCUT2D eigenvalue weighted by Gasteiger charge is 2.46. The van der Waals surface area contributed by atoms with E-state index < -0.39 is 5.60 Å². The lowest BCUT2D eigenvalue weighted by molar-refractivity contribution is -0.00115. The van der Waals surface area contributed by atoms with E-state index in [0.717, 1.165) is 45.3 Å². The van der Waals surface area contributed by atoms with Gasteiger partial charge in [0.2, 0.25) is 0 Å². The molecule has 0 saturated carbocycles. The molecule has 2 aliphatic rings. The number of amides is 1. The van der Waals surface area contributed by atoms with Gasteiger partial charge in [-0.2, -0.15) is 0 Å². The molecule has 18 heavy (non-hydrogen) atoms. The first-order valence-corrected chi connectivity index (χ1v) is 7.17. The Labute approximate surface area is 115 Å². The molecule has 1 amide bonds. The predicted octanol–water partition coefficient (Wildman–Crippen LogP) is 2.70. The standard InChI is InChI=1S/C13H24N2O2S/c1-12(2,3)17-11(16)15-8-4-5-13(15)6-9-14(18)10-7-13/h18H,4-10H2,1-3H3. The zero-order chi connectivity index (χ0) is 13.4. The molecule has 4 nitrogen and oxygen atoms in total. The molecule has 0 N–H and O–H groups in total. The molecular weight excluding hydrogens is 248 g/mol. The third-order valence-electron chi connectivity index (χ3n) is 3.88. The molecule has 0 aromatic rings. The van der Waals surface area contributed by atoms with Crippen LogP contribution in [0.4, 0.5) is 4.79 Å². The van der Waals surface area contributed by atoms with Crippen LogP contribution in [0.15, 0.2) is 0 Å². The van der Waals surface area contributed by atoms with Gasteiger partial charge in [0.25, 0.3) is 0 Å². The van der Waals surface area contributed by atoms with E-state index in [1.54, 1.807) is 0 Å². The molecule has 0 radical (unpaired) electrons. The lowest BCUT2D eigenvalue weighted by atomic mass is 9.86. The van der Waals surface area contributed by atoms with Crippen molar-refractivity contribution in [1.82, 2.24) is 9.21 Å². The van der Waals surface area contributed by atoms with E-state index in [9.17, 15) is 4.79 Å². The summed E-state index contributed by atoms with van der Waals surface area (Å²) in [5.41, 5.74) is -0.382. The average molecular weight is 272 g/mol. The smallest absolute Gasteiger partial charge is 0.410 e. The number of carbonyl (C=O) groups excluding carboxylic acids is 1. The van der Waals surface area contributed by atoms with Crippen molar-refractivity contribution in [3.05, 3.63) is 0 Å². The van der Waals surface area contributed by atoms with Gasteiger partial charge in [0.15, 0.2) is 0 Å². The zero-order valence-corrected chi connectivity index (χ0v) is 12.5. The van der Waals surface area contributed by atoms with Crippen LogP contribution < -0.4 is 0 Å². The van der Waals surface area contributed by atoms with Gasteiger partial charge < -0.3 is 9.64 Å². The van der Waals surface area contributed by atoms with E-state index in [1.807, 2.05) is 30.0 Å². The van der Waals surface area contributed by atoms with Crippen molar-refractivity contribution in [1.29, 1.82) is 0 Å². The molecule has 0 aromatic heterocycles. The van der Waals surface area contributed by atoms with Crippen LogP contribution in [0.1, 0.15) is 46.5 Å². The van der Waals surface area contributed by atoms with Crippen molar-refractivity contribution in [2.24, 2.45) is 0 Å². The van der Waals surface area contributed by atoms with Crippen molar-refractivity contribution in [3.63, 3.8) is 0 Å². The van der Waals surface area contributed by atoms with Gasteiger partial charge in [-0.05, 0) is 46.5 Å². The van der Waals surface area contributed by atoms with Crippen LogP contribution in [0, 0.1) is 0 Å². The fourth-order valence-corrected chi connectivity index (χ4v) is 3.17. The summed E-state index contributed by atoms with van der Waals surface area (Å²) in [7, 11) is 0. The van der Waals surface area contributed by atoms with Crippen LogP contribution in [-0.4, -0.2) is 46.1 Å². The monoisotopic (exact) mass is 272 g/mol. The minimum atomic E-state index is -0.412. The molecule has 0 unspecified atom stereocenters. The van der Waals surface area contributed by atoms with Crippen LogP contribution in [-0.2, 0) is 4.74 Å². The minimum Gasteiger partial charge on any atom is -0.444 e. The Bertz CT molecular complexity index is 319. The van der Waals surface area contributed by atoms with Gasteiger partial charge in [0.1, 0.15) is 5.60 Å². The Kier molecular flexibility index (Phi) is 3.83. The van der Waals surface area contributed by atoms with Crippen LogP contribution in [0.25, 0.3) is 0 Å². The van der Waals surface area contributed by atoms with Crippen LogP contribution in [0.3, 0.4) is 0 Å². The fourth-order valence-electron chi connectivity index (χ4n) is 2.97. The van der Waals surface area contributed by atoms with Crippen molar-refractivity contribution in [2.75, 3.05) is 19.6 Å². The number of nitrogens with zero attached hydrogens (tertiary/aromatic N) is 2. The lowest BCUT2D eigenvalue weighted by Crippen LogP contribution is -2.53. The second-order valence-corrected chi connectivity index (χ2v) is 6.98. The second-order valence-electron chi connectivity index (χ2n) is 6.41. The summed E-state index contributed by atoms with van der Waals surface area (Å²) in [5, 5.41) is 0. The van der Waals surface area contributed by atoms with Gasteiger partial charge in [-0.1, -0.05) is 12.8 Å². The van der Waals surface area contributed by atoms with Crippen molar-refractivity contribution in [3.8, 4) is 0 Å². The van der Waals surface area contributed by atoms with Gasteiger partial charge in [-0.25, -0.2) is 4.79 Å². The van der Waals surface area contributed by atoms with Crippen LogP contribution in [0.5, 0.6) is 0 Å². The maximum Gasteiger partial charge on any atom is 0.410 e. The highest BCUT2D eigenvalue weighted by molar-refractivity contribution is 7.77. The summed E-state index contributed by atoms with van der Waals surface area (Å²) < 4.78 is 7.57. The van der Waals surface area contributed by atoms with E-state index >= 15 is 0 Å². The Balaban J connectivity index is 2.05. The summed E-state index contributed by atoms with van der Waals surface area (Å²) in [6.45, 7) is 8.49. The van der Waals surface area contributed by atoms with Crippen LogP contribution >= 0.6 is 12.8 Å². The maximum atomic E-state index is 12.3. The normalized spacial score (nSPS) is 24.6. The van der Waals surface area contributed by atoms with E-state index in [0.29, 0.717) is 0 Å². The topological polar surface area (TPSA) is 32.8 Å². The third kappa shape index (κ3) is 2.94. The SMILES string of the molecule is CC(C)(C)OC(=O)N1CCCC12CCN(S)CC2. The molecule has 2 rings (SSSR count). The number of thiol groups is 1. The highest BCUT2D eigenvalue weighted by atomic mass is 32.1. The first kappa shape index (κ1) is 14.0. The fraction of sp³-hybridized carbons (Fsp3) is 0.923. The predicted molar refractivity (Wildman–Crippen MR) is 74.7 cm³/mol. The van der Waals surface area contributed by atoms with Gasteiger partial charge >= 0.3 is 6.09 Å². The number of carbonyl (C=O) groups is 1. The highest BCUT2D eigenvalue weighted by Crippen LogP contribution is 2.39. The van der Waals surface area contributed by atoms with Crippen molar-refractivity contribution in [2.45, 2.75) is 57.6 Å². The molecule has 2 fully saturated rings. The van der Waals surface area contributed by atoms with Crippen LogP contribution in [0.2, 0.25) is 0 Å². The summed E-state index contributed by atoms with van der Waals surface area (Å²) in [4.78, 5) is 14.3. The minimum absolute atomic E-state index is 0.0293. The Morgan fingerprint density at radius 2 is 1.78 bits per heavy atom. The summed E-state index contributed by atoms with van der Waals surface area (Å²) in [6.07, 6.45) is 4.07. The van der Waals surface area contributed by atoms with E-state index in [4.69, 9.17) is 4.74 Å². The first-order chi connectivity index (χ1) is 8.32. The molecule has 2 saturated heterocycles. The number of piperidine rings is 1. The largest absolute Gasteiger partial charge is 0.444 e.